The zero-order valence-corrected chi connectivity index (χ0v) is 8.95. The van der Waals surface area contributed by atoms with Crippen LogP contribution >= 0.6 is 0 Å². The zero-order valence-electron chi connectivity index (χ0n) is 8.95. The highest BCUT2D eigenvalue weighted by Crippen LogP contribution is 1.96. The molecule has 1 rings (SSSR count). The van der Waals surface area contributed by atoms with Gasteiger partial charge in [0, 0.05) is 19.1 Å². The molecule has 0 aromatic heterocycles. The monoisotopic (exact) mass is 214 g/mol. The number of nitrogens with one attached hydrogen (secondary N) is 2. The molecule has 0 spiro atoms. The highest BCUT2D eigenvalue weighted by atomic mass is 16.2. The summed E-state index contributed by atoms with van der Waals surface area (Å²) < 4.78 is 0. The van der Waals surface area contributed by atoms with Crippen molar-refractivity contribution in [2.45, 2.75) is 19.4 Å². The summed E-state index contributed by atoms with van der Waals surface area (Å²) in [5.41, 5.74) is 5.38. The Morgan fingerprint density at radius 1 is 1.73 bits per heavy atom. The Morgan fingerprint density at radius 3 is 3.07 bits per heavy atom. The van der Waals surface area contributed by atoms with Gasteiger partial charge in [0.05, 0.1) is 0 Å². The first-order chi connectivity index (χ1) is 7.13. The van der Waals surface area contributed by atoms with Crippen LogP contribution in [-0.2, 0) is 4.79 Å². The highest BCUT2D eigenvalue weighted by Gasteiger charge is 2.21. The summed E-state index contributed by atoms with van der Waals surface area (Å²) in [4.78, 5) is 24.2. The molecule has 1 atom stereocenters. The fraction of sp³-hybridized carbons (Fsp3) is 0.778. The van der Waals surface area contributed by atoms with Crippen molar-refractivity contribution in [1.29, 1.82) is 0 Å². The number of urea groups is 1. The van der Waals surface area contributed by atoms with Crippen molar-refractivity contribution < 1.29 is 9.59 Å². The summed E-state index contributed by atoms with van der Waals surface area (Å²) >= 11 is 0. The van der Waals surface area contributed by atoms with E-state index in [2.05, 4.69) is 10.6 Å². The van der Waals surface area contributed by atoms with E-state index in [0.717, 1.165) is 6.42 Å². The van der Waals surface area contributed by atoms with Crippen molar-refractivity contribution in [3.63, 3.8) is 0 Å². The lowest BCUT2D eigenvalue weighted by atomic mass is 10.2. The van der Waals surface area contributed by atoms with Gasteiger partial charge in [-0.1, -0.05) is 0 Å². The van der Waals surface area contributed by atoms with Gasteiger partial charge in [-0.3, -0.25) is 4.79 Å². The smallest absolute Gasteiger partial charge is 0.318 e. The van der Waals surface area contributed by atoms with Gasteiger partial charge in [-0.05, 0) is 19.9 Å². The van der Waals surface area contributed by atoms with Gasteiger partial charge in [0.2, 0.25) is 5.91 Å². The van der Waals surface area contributed by atoms with E-state index in [9.17, 15) is 9.59 Å². The summed E-state index contributed by atoms with van der Waals surface area (Å²) in [5, 5.41) is 5.46. The number of hydrogen-bond donors (Lipinski definition) is 3. The van der Waals surface area contributed by atoms with Crippen LogP contribution in [0.1, 0.15) is 13.3 Å². The van der Waals surface area contributed by atoms with Crippen LogP contribution in [0.5, 0.6) is 0 Å². The second-order valence-electron chi connectivity index (χ2n) is 3.70. The predicted octanol–water partition coefficient (Wildman–Crippen LogP) is -1.13. The van der Waals surface area contributed by atoms with Gasteiger partial charge >= 0.3 is 6.03 Å². The lowest BCUT2D eigenvalue weighted by molar-refractivity contribution is -0.123. The van der Waals surface area contributed by atoms with Gasteiger partial charge in [-0.2, -0.15) is 0 Å². The van der Waals surface area contributed by atoms with Crippen molar-refractivity contribution >= 4 is 11.9 Å². The number of rotatable bonds is 3. The van der Waals surface area contributed by atoms with Crippen LogP contribution in [0.4, 0.5) is 4.79 Å². The molecule has 3 amide bonds. The molecule has 4 N–H and O–H groups in total. The molecule has 0 bridgehead atoms. The topological polar surface area (TPSA) is 87.5 Å². The molecule has 0 aromatic carbocycles. The van der Waals surface area contributed by atoms with Crippen molar-refractivity contribution in [1.82, 2.24) is 15.5 Å². The van der Waals surface area contributed by atoms with E-state index in [0.29, 0.717) is 19.6 Å². The van der Waals surface area contributed by atoms with E-state index >= 15 is 0 Å². The summed E-state index contributed by atoms with van der Waals surface area (Å²) in [5.74, 6) is -0.108. The first kappa shape index (κ1) is 11.8. The van der Waals surface area contributed by atoms with Gasteiger partial charge in [0.15, 0.2) is 0 Å². The number of hydrogen-bond acceptors (Lipinski definition) is 3. The van der Waals surface area contributed by atoms with Crippen molar-refractivity contribution in [2.24, 2.45) is 5.73 Å². The molecule has 1 aliphatic heterocycles. The van der Waals surface area contributed by atoms with E-state index in [1.807, 2.05) is 6.92 Å². The Balaban J connectivity index is 2.35. The molecule has 1 saturated heterocycles. The molecule has 1 heterocycles. The van der Waals surface area contributed by atoms with Crippen LogP contribution in [0.3, 0.4) is 0 Å². The van der Waals surface area contributed by atoms with E-state index in [4.69, 9.17) is 5.73 Å². The second-order valence-corrected chi connectivity index (χ2v) is 3.70. The molecule has 1 fully saturated rings. The molecule has 0 aromatic rings. The SMILES string of the molecule is CC(CCN)NC(=O)N1CCNC(=O)C1. The molecule has 6 heteroatoms. The third kappa shape index (κ3) is 3.75. The van der Waals surface area contributed by atoms with Gasteiger partial charge in [0.1, 0.15) is 6.54 Å². The molecule has 0 saturated carbocycles. The van der Waals surface area contributed by atoms with E-state index in [-0.39, 0.29) is 24.5 Å². The fourth-order valence-corrected chi connectivity index (χ4v) is 1.44. The number of nitrogens with two attached hydrogens (primary N) is 1. The van der Waals surface area contributed by atoms with Gasteiger partial charge in [0.25, 0.3) is 0 Å². The maximum absolute atomic E-state index is 11.6. The average molecular weight is 214 g/mol. The van der Waals surface area contributed by atoms with Crippen molar-refractivity contribution in [3.8, 4) is 0 Å². The number of piperazine rings is 1. The standard InChI is InChI=1S/C9H18N4O2/c1-7(2-3-10)12-9(15)13-5-4-11-8(14)6-13/h7H,2-6,10H2,1H3,(H,11,14)(H,12,15). The Morgan fingerprint density at radius 2 is 2.47 bits per heavy atom. The normalized spacial score (nSPS) is 18.3. The summed E-state index contributed by atoms with van der Waals surface area (Å²) in [6.45, 7) is 3.67. The van der Waals surface area contributed by atoms with Crippen molar-refractivity contribution in [2.75, 3.05) is 26.2 Å². The summed E-state index contributed by atoms with van der Waals surface area (Å²) in [7, 11) is 0. The third-order valence-electron chi connectivity index (χ3n) is 2.30. The number of nitrogens with zero attached hydrogens (tertiary/aromatic N) is 1. The van der Waals surface area contributed by atoms with Crippen LogP contribution in [0.15, 0.2) is 0 Å². The van der Waals surface area contributed by atoms with Gasteiger partial charge < -0.3 is 21.3 Å². The molecule has 6 nitrogen and oxygen atoms in total. The molecular weight excluding hydrogens is 196 g/mol. The molecule has 0 radical (unpaired) electrons. The molecule has 1 aliphatic rings. The van der Waals surface area contributed by atoms with Gasteiger partial charge in [-0.25, -0.2) is 4.79 Å². The Hall–Kier alpha value is -1.30. The fourth-order valence-electron chi connectivity index (χ4n) is 1.44. The molecule has 15 heavy (non-hydrogen) atoms. The van der Waals surface area contributed by atoms with Crippen LogP contribution in [-0.4, -0.2) is 49.1 Å². The van der Waals surface area contributed by atoms with E-state index in [1.54, 1.807) is 0 Å². The summed E-state index contributed by atoms with van der Waals surface area (Å²) in [6.07, 6.45) is 0.742. The lowest BCUT2D eigenvalue weighted by Crippen LogP contribution is -2.54. The average Bonchev–Trinajstić information content (AvgIpc) is 2.18. The van der Waals surface area contributed by atoms with Crippen LogP contribution in [0.25, 0.3) is 0 Å². The van der Waals surface area contributed by atoms with Crippen LogP contribution < -0.4 is 16.4 Å². The minimum absolute atomic E-state index is 0.0486. The molecule has 0 aliphatic carbocycles. The van der Waals surface area contributed by atoms with Crippen LogP contribution in [0.2, 0.25) is 0 Å². The number of carbonyl (C=O) groups is 2. The molecule has 1 unspecified atom stereocenters. The quantitative estimate of drug-likeness (QED) is 0.555. The Labute approximate surface area is 89.2 Å². The largest absolute Gasteiger partial charge is 0.353 e. The first-order valence-electron chi connectivity index (χ1n) is 5.15. The van der Waals surface area contributed by atoms with Gasteiger partial charge in [-0.15, -0.1) is 0 Å². The third-order valence-corrected chi connectivity index (χ3v) is 2.30. The highest BCUT2D eigenvalue weighted by molar-refractivity contribution is 5.85. The Kier molecular flexibility index (Phi) is 4.36. The Bertz CT molecular complexity index is 244. The summed E-state index contributed by atoms with van der Waals surface area (Å²) in [6, 6.07) is -0.140. The number of amides is 3. The van der Waals surface area contributed by atoms with E-state index in [1.165, 1.54) is 4.90 Å². The maximum Gasteiger partial charge on any atom is 0.318 e. The van der Waals surface area contributed by atoms with Crippen molar-refractivity contribution in [3.05, 3.63) is 0 Å². The molecule has 86 valence electrons. The maximum atomic E-state index is 11.6. The van der Waals surface area contributed by atoms with E-state index < -0.39 is 0 Å². The first-order valence-corrected chi connectivity index (χ1v) is 5.15. The lowest BCUT2D eigenvalue weighted by Gasteiger charge is -2.28. The minimum atomic E-state index is -0.189. The molecular formula is C9H18N4O2. The second kappa shape index (κ2) is 5.55. The zero-order chi connectivity index (χ0) is 11.3. The predicted molar refractivity (Wildman–Crippen MR) is 56.2 cm³/mol. The van der Waals surface area contributed by atoms with Crippen LogP contribution in [0, 0.1) is 0 Å². The number of carbonyl (C=O) groups excluding carboxylic acids is 2. The minimum Gasteiger partial charge on any atom is -0.353 e.